The van der Waals surface area contributed by atoms with E-state index >= 15 is 0 Å². The SMILES string of the molecule is O=C(Nc1nc(SCc2ccc(F)cc2)ns1)OCc1ccc(Cl)cc1. The predicted octanol–water partition coefficient (Wildman–Crippen LogP) is 5.37. The number of benzene rings is 2. The second kappa shape index (κ2) is 8.98. The van der Waals surface area contributed by atoms with Crippen LogP contribution in [0.25, 0.3) is 0 Å². The summed E-state index contributed by atoms with van der Waals surface area (Å²) in [5.74, 6) is 0.339. The van der Waals surface area contributed by atoms with Gasteiger partial charge in [-0.15, -0.1) is 0 Å². The second-order valence-electron chi connectivity index (χ2n) is 5.12. The number of rotatable bonds is 6. The monoisotopic (exact) mass is 409 g/mol. The molecule has 0 aliphatic heterocycles. The Labute approximate surface area is 162 Å². The van der Waals surface area contributed by atoms with E-state index in [-0.39, 0.29) is 12.4 Å². The molecule has 5 nitrogen and oxygen atoms in total. The van der Waals surface area contributed by atoms with Crippen LogP contribution in [0.3, 0.4) is 0 Å². The van der Waals surface area contributed by atoms with Gasteiger partial charge in [-0.25, -0.2) is 9.18 Å². The van der Waals surface area contributed by atoms with Crippen molar-refractivity contribution in [2.75, 3.05) is 5.32 Å². The zero-order valence-corrected chi connectivity index (χ0v) is 15.7. The quantitative estimate of drug-likeness (QED) is 0.554. The molecule has 0 fully saturated rings. The molecule has 1 N–H and O–H groups in total. The zero-order valence-electron chi connectivity index (χ0n) is 13.3. The van der Waals surface area contributed by atoms with Crippen LogP contribution in [-0.4, -0.2) is 15.5 Å². The fraction of sp³-hybridized carbons (Fsp3) is 0.118. The molecule has 1 amide bonds. The smallest absolute Gasteiger partial charge is 0.413 e. The number of carbonyl (C=O) groups excluding carboxylic acids is 1. The Balaban J connectivity index is 1.45. The van der Waals surface area contributed by atoms with Gasteiger partial charge in [0, 0.05) is 22.3 Å². The average molecular weight is 410 g/mol. The average Bonchev–Trinajstić information content (AvgIpc) is 3.08. The number of nitrogens with one attached hydrogen (secondary N) is 1. The summed E-state index contributed by atoms with van der Waals surface area (Å²) in [5, 5.41) is 4.06. The summed E-state index contributed by atoms with van der Waals surface area (Å²) < 4.78 is 22.2. The van der Waals surface area contributed by atoms with E-state index in [0.29, 0.717) is 21.1 Å². The molecule has 1 heterocycles. The molecule has 134 valence electrons. The second-order valence-corrected chi connectivity index (χ2v) is 7.26. The van der Waals surface area contributed by atoms with Crippen LogP contribution in [0.15, 0.2) is 53.7 Å². The largest absolute Gasteiger partial charge is 0.444 e. The highest BCUT2D eigenvalue weighted by atomic mass is 35.5. The fourth-order valence-corrected chi connectivity index (χ4v) is 3.51. The lowest BCUT2D eigenvalue weighted by Gasteiger charge is -2.04. The molecule has 9 heteroatoms. The van der Waals surface area contributed by atoms with E-state index in [1.807, 2.05) is 0 Å². The fourth-order valence-electron chi connectivity index (χ4n) is 1.90. The van der Waals surface area contributed by atoms with Gasteiger partial charge in [-0.2, -0.15) is 9.36 Å². The van der Waals surface area contributed by atoms with Gasteiger partial charge < -0.3 is 4.74 Å². The van der Waals surface area contributed by atoms with Gasteiger partial charge in [0.05, 0.1) is 0 Å². The topological polar surface area (TPSA) is 64.1 Å². The van der Waals surface area contributed by atoms with Crippen LogP contribution in [0.1, 0.15) is 11.1 Å². The number of nitrogens with zero attached hydrogens (tertiary/aromatic N) is 2. The van der Waals surface area contributed by atoms with E-state index in [4.69, 9.17) is 16.3 Å². The number of halogens is 2. The Kier molecular flexibility index (Phi) is 6.43. The third-order valence-corrected chi connectivity index (χ3v) is 5.10. The summed E-state index contributed by atoms with van der Waals surface area (Å²) in [4.78, 5) is 16.0. The molecule has 0 bridgehead atoms. The van der Waals surface area contributed by atoms with Gasteiger partial charge in [-0.1, -0.05) is 47.6 Å². The number of aromatic nitrogens is 2. The lowest BCUT2D eigenvalue weighted by molar-refractivity contribution is 0.155. The molecule has 0 radical (unpaired) electrons. The molecule has 0 saturated carbocycles. The molecule has 0 spiro atoms. The molecule has 2 aromatic carbocycles. The number of hydrogen-bond acceptors (Lipinski definition) is 6. The summed E-state index contributed by atoms with van der Waals surface area (Å²) in [5.41, 5.74) is 1.79. The van der Waals surface area contributed by atoms with Gasteiger partial charge in [0.1, 0.15) is 12.4 Å². The van der Waals surface area contributed by atoms with Crippen LogP contribution in [0.4, 0.5) is 14.3 Å². The first-order chi connectivity index (χ1) is 12.6. The Morgan fingerprint density at radius 3 is 2.58 bits per heavy atom. The number of amides is 1. The van der Waals surface area contributed by atoms with Crippen molar-refractivity contribution in [3.05, 3.63) is 70.5 Å². The zero-order chi connectivity index (χ0) is 18.4. The van der Waals surface area contributed by atoms with Gasteiger partial charge in [0.2, 0.25) is 10.3 Å². The normalized spacial score (nSPS) is 10.5. The van der Waals surface area contributed by atoms with Gasteiger partial charge in [-0.3, -0.25) is 5.32 Å². The molecule has 0 atom stereocenters. The maximum absolute atomic E-state index is 12.9. The number of thioether (sulfide) groups is 1. The van der Waals surface area contributed by atoms with Gasteiger partial charge in [0.15, 0.2) is 0 Å². The Bertz CT molecular complexity index is 872. The van der Waals surface area contributed by atoms with Crippen molar-refractivity contribution in [1.82, 2.24) is 9.36 Å². The number of ether oxygens (including phenoxy) is 1. The van der Waals surface area contributed by atoms with Crippen LogP contribution in [0.5, 0.6) is 0 Å². The van der Waals surface area contributed by atoms with Crippen molar-refractivity contribution in [1.29, 1.82) is 0 Å². The van der Waals surface area contributed by atoms with Crippen molar-refractivity contribution >= 4 is 46.1 Å². The lowest BCUT2D eigenvalue weighted by atomic mass is 10.2. The highest BCUT2D eigenvalue weighted by Gasteiger charge is 2.10. The Hall–Kier alpha value is -2.16. The first-order valence-electron chi connectivity index (χ1n) is 7.48. The maximum Gasteiger partial charge on any atom is 0.413 e. The molecule has 0 aliphatic carbocycles. The maximum atomic E-state index is 12.9. The number of anilines is 1. The third-order valence-electron chi connectivity index (χ3n) is 3.18. The molecule has 1 aromatic heterocycles. The molecule has 0 saturated heterocycles. The van der Waals surface area contributed by atoms with Crippen LogP contribution in [-0.2, 0) is 17.1 Å². The molecular formula is C17H13ClFN3O2S2. The number of hydrogen-bond donors (Lipinski definition) is 1. The van der Waals surface area contributed by atoms with Crippen molar-refractivity contribution < 1.29 is 13.9 Å². The van der Waals surface area contributed by atoms with E-state index in [1.165, 1.54) is 23.9 Å². The summed E-state index contributed by atoms with van der Waals surface area (Å²) >= 11 is 8.27. The standard InChI is InChI=1S/C17H13ClFN3O2S2/c18-13-5-1-11(2-6-13)9-24-17(23)21-15-20-16(22-26-15)25-10-12-3-7-14(19)8-4-12/h1-8H,9-10H2,(H,20,21,22,23). The lowest BCUT2D eigenvalue weighted by Crippen LogP contribution is -2.13. The summed E-state index contributed by atoms with van der Waals surface area (Å²) in [6.07, 6.45) is -0.605. The van der Waals surface area contributed by atoms with Crippen LogP contribution >= 0.6 is 34.9 Å². The Morgan fingerprint density at radius 1 is 1.15 bits per heavy atom. The minimum Gasteiger partial charge on any atom is -0.444 e. The molecule has 3 aromatic rings. The van der Waals surface area contributed by atoms with E-state index in [9.17, 15) is 9.18 Å². The molecule has 0 unspecified atom stereocenters. The van der Waals surface area contributed by atoms with E-state index in [1.54, 1.807) is 36.4 Å². The van der Waals surface area contributed by atoms with E-state index in [2.05, 4.69) is 14.7 Å². The highest BCUT2D eigenvalue weighted by molar-refractivity contribution is 7.98. The first kappa shape index (κ1) is 18.6. The minimum absolute atomic E-state index is 0.133. The summed E-state index contributed by atoms with van der Waals surface area (Å²) in [6, 6.07) is 13.3. The molecule has 3 rings (SSSR count). The van der Waals surface area contributed by atoms with Gasteiger partial charge in [0.25, 0.3) is 0 Å². The summed E-state index contributed by atoms with van der Waals surface area (Å²) in [6.45, 7) is 0.133. The minimum atomic E-state index is -0.605. The molecule has 26 heavy (non-hydrogen) atoms. The summed E-state index contributed by atoms with van der Waals surface area (Å²) in [7, 11) is 0. The van der Waals surface area contributed by atoms with Crippen LogP contribution in [0.2, 0.25) is 5.02 Å². The van der Waals surface area contributed by atoms with Gasteiger partial charge in [-0.05, 0) is 35.4 Å². The van der Waals surface area contributed by atoms with Crippen molar-refractivity contribution in [3.63, 3.8) is 0 Å². The van der Waals surface area contributed by atoms with Crippen LogP contribution < -0.4 is 5.32 Å². The molecule has 0 aliphatic rings. The van der Waals surface area contributed by atoms with E-state index < -0.39 is 6.09 Å². The van der Waals surface area contributed by atoms with Gasteiger partial charge >= 0.3 is 6.09 Å². The van der Waals surface area contributed by atoms with Crippen molar-refractivity contribution in [2.45, 2.75) is 17.5 Å². The van der Waals surface area contributed by atoms with E-state index in [0.717, 1.165) is 22.7 Å². The highest BCUT2D eigenvalue weighted by Crippen LogP contribution is 2.24. The van der Waals surface area contributed by atoms with Crippen LogP contribution in [0, 0.1) is 5.82 Å². The number of carbonyl (C=O) groups is 1. The van der Waals surface area contributed by atoms with Crippen molar-refractivity contribution in [2.24, 2.45) is 0 Å². The Morgan fingerprint density at radius 2 is 1.85 bits per heavy atom. The molecular weight excluding hydrogens is 397 g/mol. The van der Waals surface area contributed by atoms with Crippen molar-refractivity contribution in [3.8, 4) is 0 Å². The third kappa shape index (κ3) is 5.69. The predicted molar refractivity (Wildman–Crippen MR) is 101 cm³/mol. The first-order valence-corrected chi connectivity index (χ1v) is 9.61.